The maximum absolute atomic E-state index is 13.8. The molecule has 0 aliphatic carbocycles. The van der Waals surface area contributed by atoms with Gasteiger partial charge in [0.05, 0.1) is 28.9 Å². The van der Waals surface area contributed by atoms with Crippen molar-refractivity contribution in [3.05, 3.63) is 118 Å². The van der Waals surface area contributed by atoms with Gasteiger partial charge in [0, 0.05) is 12.0 Å². The number of aromatic nitrogens is 1. The molecule has 1 N–H and O–H groups in total. The number of carbonyl (C=O) groups excluding carboxylic acids is 2. The maximum atomic E-state index is 13.8. The van der Waals surface area contributed by atoms with Gasteiger partial charge >= 0.3 is 5.91 Å². The van der Waals surface area contributed by atoms with E-state index in [4.69, 9.17) is 19.2 Å². The standard InChI is InChI=1S/C36H30N2O6S/c1-20-9-12-26-30(15-20)45-36(37-26)38-32(23-10-14-28(29(18-23)42-3)43-19-22-7-5-4-6-8-22)31(34(40)35(38)41)33(39)24-11-13-27-25(17-24)16-21(2)44-27/h4-15,17-18,21,32,39H,16,19H2,1-3H3/t21-,32-/m1/s1. The van der Waals surface area contributed by atoms with Crippen LogP contribution in [0.3, 0.4) is 0 Å². The third-order valence-corrected chi connectivity index (χ3v) is 9.11. The van der Waals surface area contributed by atoms with E-state index in [2.05, 4.69) is 0 Å². The van der Waals surface area contributed by atoms with Crippen LogP contribution >= 0.6 is 11.3 Å². The van der Waals surface area contributed by atoms with E-state index in [0.29, 0.717) is 40.8 Å². The number of rotatable bonds is 7. The van der Waals surface area contributed by atoms with Crippen LogP contribution < -0.4 is 19.1 Å². The summed E-state index contributed by atoms with van der Waals surface area (Å²) in [4.78, 5) is 33.7. The van der Waals surface area contributed by atoms with Crippen molar-refractivity contribution in [3.8, 4) is 17.2 Å². The van der Waals surface area contributed by atoms with Crippen LogP contribution in [0.5, 0.6) is 17.2 Å². The summed E-state index contributed by atoms with van der Waals surface area (Å²) in [6, 6.07) is 25.3. The number of aliphatic hydroxyl groups excluding tert-OH is 1. The Bertz CT molecular complexity index is 2000. The molecule has 2 atom stereocenters. The predicted molar refractivity (Wildman–Crippen MR) is 173 cm³/mol. The number of amides is 1. The van der Waals surface area contributed by atoms with Crippen molar-refractivity contribution in [1.82, 2.24) is 4.98 Å². The monoisotopic (exact) mass is 618 g/mol. The Balaban J connectivity index is 1.35. The molecule has 226 valence electrons. The van der Waals surface area contributed by atoms with E-state index in [9.17, 15) is 14.7 Å². The fourth-order valence-corrected chi connectivity index (χ4v) is 6.99. The van der Waals surface area contributed by atoms with E-state index in [1.807, 2.05) is 68.4 Å². The fourth-order valence-electron chi connectivity index (χ4n) is 5.90. The van der Waals surface area contributed by atoms with Gasteiger partial charge in [-0.25, -0.2) is 4.98 Å². The van der Waals surface area contributed by atoms with Gasteiger partial charge in [0.15, 0.2) is 16.6 Å². The Kier molecular flexibility index (Phi) is 7.25. The summed E-state index contributed by atoms with van der Waals surface area (Å²) in [5.41, 5.74) is 4.68. The minimum absolute atomic E-state index is 0.0146. The average Bonchev–Trinajstić information content (AvgIpc) is 3.71. The van der Waals surface area contributed by atoms with Crippen LogP contribution in [0.1, 0.15) is 40.8 Å². The second-order valence-corrected chi connectivity index (χ2v) is 12.3. The van der Waals surface area contributed by atoms with Gasteiger partial charge in [0.1, 0.15) is 24.2 Å². The molecular weight excluding hydrogens is 588 g/mol. The summed E-state index contributed by atoms with van der Waals surface area (Å²) in [6.45, 7) is 4.30. The Hall–Kier alpha value is -5.15. The molecule has 0 bridgehead atoms. The number of nitrogens with zero attached hydrogens (tertiary/aromatic N) is 2. The van der Waals surface area contributed by atoms with Gasteiger partial charge in [-0.1, -0.05) is 53.8 Å². The highest BCUT2D eigenvalue weighted by atomic mass is 32.1. The molecule has 4 aromatic carbocycles. The molecule has 5 aromatic rings. The summed E-state index contributed by atoms with van der Waals surface area (Å²) in [6.07, 6.45) is 0.696. The normalized spacial score (nSPS) is 18.7. The van der Waals surface area contributed by atoms with Crippen molar-refractivity contribution in [3.63, 3.8) is 0 Å². The molecule has 7 rings (SSSR count). The zero-order valence-electron chi connectivity index (χ0n) is 24.9. The highest BCUT2D eigenvalue weighted by molar-refractivity contribution is 7.22. The van der Waals surface area contributed by atoms with Crippen LogP contribution in [0.2, 0.25) is 0 Å². The third kappa shape index (κ3) is 5.19. The number of ether oxygens (including phenoxy) is 3. The lowest BCUT2D eigenvalue weighted by molar-refractivity contribution is -0.132. The van der Waals surface area contributed by atoms with Crippen LogP contribution in [0.15, 0.2) is 90.5 Å². The Morgan fingerprint density at radius 3 is 2.64 bits per heavy atom. The second-order valence-electron chi connectivity index (χ2n) is 11.3. The van der Waals surface area contributed by atoms with Crippen molar-refractivity contribution in [2.75, 3.05) is 12.0 Å². The molecule has 1 fully saturated rings. The molecule has 0 spiro atoms. The topological polar surface area (TPSA) is 98.2 Å². The highest BCUT2D eigenvalue weighted by Crippen LogP contribution is 2.46. The van der Waals surface area contributed by atoms with E-state index < -0.39 is 17.7 Å². The second kappa shape index (κ2) is 11.4. The smallest absolute Gasteiger partial charge is 0.301 e. The molecule has 1 amide bonds. The van der Waals surface area contributed by atoms with Gasteiger partial charge in [-0.2, -0.15) is 0 Å². The fraction of sp³-hybridized carbons (Fsp3) is 0.194. The summed E-state index contributed by atoms with van der Waals surface area (Å²) in [5.74, 6) is -0.136. The van der Waals surface area contributed by atoms with Gasteiger partial charge in [-0.15, -0.1) is 0 Å². The molecule has 0 radical (unpaired) electrons. The molecular formula is C36H30N2O6S. The van der Waals surface area contributed by atoms with Gasteiger partial charge in [-0.3, -0.25) is 14.5 Å². The molecule has 9 heteroatoms. The number of benzene rings is 4. The Morgan fingerprint density at radius 1 is 1.02 bits per heavy atom. The van der Waals surface area contributed by atoms with E-state index in [-0.39, 0.29) is 17.4 Å². The molecule has 3 heterocycles. The third-order valence-electron chi connectivity index (χ3n) is 8.09. The number of methoxy groups -OCH3 is 1. The molecule has 2 aliphatic rings. The Morgan fingerprint density at radius 2 is 1.84 bits per heavy atom. The van der Waals surface area contributed by atoms with E-state index in [1.54, 1.807) is 30.3 Å². The van der Waals surface area contributed by atoms with Crippen LogP contribution in [-0.2, 0) is 22.6 Å². The molecule has 0 saturated carbocycles. The summed E-state index contributed by atoms with van der Waals surface area (Å²) in [5, 5.41) is 12.1. The summed E-state index contributed by atoms with van der Waals surface area (Å²) < 4.78 is 18.5. The molecule has 1 saturated heterocycles. The maximum Gasteiger partial charge on any atom is 0.301 e. The number of carbonyl (C=O) groups is 2. The Labute approximate surface area is 264 Å². The van der Waals surface area contributed by atoms with Crippen LogP contribution in [-0.4, -0.2) is 35.0 Å². The zero-order valence-corrected chi connectivity index (χ0v) is 25.8. The average molecular weight is 619 g/mol. The molecule has 2 aliphatic heterocycles. The van der Waals surface area contributed by atoms with Gasteiger partial charge in [0.25, 0.3) is 5.78 Å². The lowest BCUT2D eigenvalue weighted by Crippen LogP contribution is -2.29. The number of anilines is 1. The lowest BCUT2D eigenvalue weighted by Gasteiger charge is -2.24. The zero-order chi connectivity index (χ0) is 31.2. The van der Waals surface area contributed by atoms with Crippen molar-refractivity contribution >= 4 is 44.1 Å². The van der Waals surface area contributed by atoms with E-state index in [0.717, 1.165) is 32.7 Å². The minimum atomic E-state index is -0.966. The number of aliphatic hydroxyl groups is 1. The van der Waals surface area contributed by atoms with Crippen molar-refractivity contribution < 1.29 is 28.9 Å². The SMILES string of the molecule is COc1cc([C@@H]2C(=C(O)c3ccc4c(c3)C[C@@H](C)O4)C(=O)C(=O)N2c2nc3ccc(C)cc3s2)ccc1OCc1ccccc1. The lowest BCUT2D eigenvalue weighted by atomic mass is 9.94. The first kappa shape index (κ1) is 28.6. The number of Topliss-reactive ketones (excluding diaryl/α,β-unsaturated/α-hetero) is 1. The van der Waals surface area contributed by atoms with E-state index >= 15 is 0 Å². The number of fused-ring (bicyclic) bond motifs is 2. The molecule has 8 nitrogen and oxygen atoms in total. The van der Waals surface area contributed by atoms with Crippen molar-refractivity contribution in [2.45, 2.75) is 39.0 Å². The largest absolute Gasteiger partial charge is 0.507 e. The highest BCUT2D eigenvalue weighted by Gasteiger charge is 2.48. The minimum Gasteiger partial charge on any atom is -0.507 e. The van der Waals surface area contributed by atoms with Gasteiger partial charge in [0.2, 0.25) is 0 Å². The number of hydrogen-bond acceptors (Lipinski definition) is 8. The van der Waals surface area contributed by atoms with Gasteiger partial charge in [-0.05, 0) is 78.6 Å². The first-order valence-corrected chi connectivity index (χ1v) is 15.4. The molecule has 45 heavy (non-hydrogen) atoms. The van der Waals surface area contributed by atoms with Crippen molar-refractivity contribution in [2.24, 2.45) is 0 Å². The number of hydrogen-bond donors (Lipinski definition) is 1. The number of aryl methyl sites for hydroxylation is 1. The summed E-state index contributed by atoms with van der Waals surface area (Å²) in [7, 11) is 1.54. The summed E-state index contributed by atoms with van der Waals surface area (Å²) >= 11 is 1.32. The number of ketones is 1. The molecule has 1 aromatic heterocycles. The first-order valence-electron chi connectivity index (χ1n) is 14.6. The number of thiazole rings is 1. The van der Waals surface area contributed by atoms with Crippen molar-refractivity contribution in [1.29, 1.82) is 0 Å². The predicted octanol–water partition coefficient (Wildman–Crippen LogP) is 7.14. The first-order chi connectivity index (χ1) is 21.8. The van der Waals surface area contributed by atoms with Crippen LogP contribution in [0, 0.1) is 6.92 Å². The van der Waals surface area contributed by atoms with Gasteiger partial charge < -0.3 is 19.3 Å². The molecule has 0 unspecified atom stereocenters. The van der Waals surface area contributed by atoms with E-state index in [1.165, 1.54) is 23.3 Å². The van der Waals surface area contributed by atoms with Crippen LogP contribution in [0.25, 0.3) is 16.0 Å². The quantitative estimate of drug-likeness (QED) is 0.118. The van der Waals surface area contributed by atoms with Crippen LogP contribution in [0.4, 0.5) is 5.13 Å².